The van der Waals surface area contributed by atoms with E-state index in [1.807, 2.05) is 17.8 Å². The lowest BCUT2D eigenvalue weighted by atomic mass is 10.1. The fourth-order valence-electron chi connectivity index (χ4n) is 2.72. The van der Waals surface area contributed by atoms with Crippen LogP contribution in [-0.2, 0) is 11.8 Å². The number of piperazine rings is 1. The zero-order chi connectivity index (χ0) is 16.2. The molecule has 1 aliphatic rings. The monoisotopic (exact) mass is 318 g/mol. The molecule has 0 radical (unpaired) electrons. The van der Waals surface area contributed by atoms with Crippen molar-refractivity contribution in [3.8, 4) is 5.75 Å². The highest BCUT2D eigenvalue weighted by atomic mass is 19.1. The second kappa shape index (κ2) is 6.78. The number of aromatic nitrogens is 2. The lowest BCUT2D eigenvalue weighted by Crippen LogP contribution is -2.50. The van der Waals surface area contributed by atoms with Crippen LogP contribution in [0.25, 0.3) is 0 Å². The summed E-state index contributed by atoms with van der Waals surface area (Å²) in [5.41, 5.74) is 0. The molecule has 0 spiro atoms. The lowest BCUT2D eigenvalue weighted by molar-refractivity contribution is -0.137. The summed E-state index contributed by atoms with van der Waals surface area (Å²) in [6, 6.07) is 5.65. The van der Waals surface area contributed by atoms with Gasteiger partial charge in [-0.25, -0.2) is 9.37 Å². The second-order valence-electron chi connectivity index (χ2n) is 5.45. The van der Waals surface area contributed by atoms with Crippen LogP contribution in [0.3, 0.4) is 0 Å². The third-order valence-corrected chi connectivity index (χ3v) is 3.88. The van der Waals surface area contributed by atoms with E-state index in [1.165, 1.54) is 12.1 Å². The number of hydrogen-bond acceptors (Lipinski definition) is 4. The van der Waals surface area contributed by atoms with E-state index < -0.39 is 0 Å². The smallest absolute Gasteiger partial charge is 0.261 e. The van der Waals surface area contributed by atoms with Crippen molar-refractivity contribution in [2.45, 2.75) is 6.04 Å². The number of nitrogens with zero attached hydrogens (tertiary/aromatic N) is 3. The van der Waals surface area contributed by atoms with Gasteiger partial charge < -0.3 is 19.5 Å². The minimum absolute atomic E-state index is 0.121. The van der Waals surface area contributed by atoms with Crippen molar-refractivity contribution < 1.29 is 13.9 Å². The van der Waals surface area contributed by atoms with Crippen LogP contribution >= 0.6 is 0 Å². The minimum atomic E-state index is -0.386. The number of carbonyl (C=O) groups is 1. The first-order chi connectivity index (χ1) is 11.1. The Balaban J connectivity index is 1.68. The van der Waals surface area contributed by atoms with Gasteiger partial charge in [0.15, 0.2) is 6.61 Å². The van der Waals surface area contributed by atoms with E-state index in [4.69, 9.17) is 4.74 Å². The third kappa shape index (κ3) is 3.50. The number of rotatable bonds is 4. The molecule has 1 fully saturated rings. The molecule has 1 aromatic heterocycles. The first kappa shape index (κ1) is 15.5. The largest absolute Gasteiger partial charge is 0.484 e. The summed E-state index contributed by atoms with van der Waals surface area (Å²) in [7, 11) is 1.91. The Morgan fingerprint density at radius 3 is 3.13 bits per heavy atom. The summed E-state index contributed by atoms with van der Waals surface area (Å²) < 4.78 is 20.5. The normalized spacial score (nSPS) is 18.0. The van der Waals surface area contributed by atoms with E-state index in [0.29, 0.717) is 18.8 Å². The van der Waals surface area contributed by atoms with Gasteiger partial charge in [-0.15, -0.1) is 0 Å². The third-order valence-electron chi connectivity index (χ3n) is 3.88. The molecule has 2 aromatic rings. The van der Waals surface area contributed by atoms with Gasteiger partial charge in [-0.05, 0) is 12.1 Å². The van der Waals surface area contributed by atoms with Crippen LogP contribution in [0.15, 0.2) is 36.7 Å². The fourth-order valence-corrected chi connectivity index (χ4v) is 2.72. The maximum absolute atomic E-state index is 13.1. The Labute approximate surface area is 133 Å². The van der Waals surface area contributed by atoms with Gasteiger partial charge in [0.25, 0.3) is 5.91 Å². The Kier molecular flexibility index (Phi) is 4.57. The molecule has 1 atom stereocenters. The van der Waals surface area contributed by atoms with Crippen LogP contribution in [-0.4, -0.2) is 46.6 Å². The zero-order valence-electron chi connectivity index (χ0n) is 12.9. The predicted molar refractivity (Wildman–Crippen MR) is 82.4 cm³/mol. The predicted octanol–water partition coefficient (Wildman–Crippen LogP) is 1.11. The number of amides is 1. The van der Waals surface area contributed by atoms with E-state index in [1.54, 1.807) is 23.2 Å². The molecular formula is C16H19FN4O2. The van der Waals surface area contributed by atoms with Crippen molar-refractivity contribution in [3.05, 3.63) is 48.3 Å². The van der Waals surface area contributed by atoms with E-state index in [2.05, 4.69) is 10.3 Å². The molecule has 1 saturated heterocycles. The molecule has 122 valence electrons. The zero-order valence-corrected chi connectivity index (χ0v) is 12.9. The van der Waals surface area contributed by atoms with Gasteiger partial charge in [0.1, 0.15) is 23.4 Å². The molecule has 1 amide bonds. The molecular weight excluding hydrogens is 299 g/mol. The number of carbonyl (C=O) groups excluding carboxylic acids is 1. The maximum Gasteiger partial charge on any atom is 0.261 e. The van der Waals surface area contributed by atoms with Gasteiger partial charge in [0, 0.05) is 45.1 Å². The maximum atomic E-state index is 13.1. The SMILES string of the molecule is Cn1ccnc1C1CNCCN1C(=O)COc1cccc(F)c1. The van der Waals surface area contributed by atoms with Gasteiger partial charge >= 0.3 is 0 Å². The summed E-state index contributed by atoms with van der Waals surface area (Å²) in [5, 5.41) is 3.28. The molecule has 1 N–H and O–H groups in total. The number of aryl methyl sites for hydroxylation is 1. The number of hydrogen-bond donors (Lipinski definition) is 1. The summed E-state index contributed by atoms with van der Waals surface area (Å²) in [6.45, 7) is 1.84. The molecule has 0 aliphatic carbocycles. The van der Waals surface area contributed by atoms with Crippen LogP contribution in [0.4, 0.5) is 4.39 Å². The molecule has 7 heteroatoms. The van der Waals surface area contributed by atoms with Gasteiger partial charge in [0.2, 0.25) is 0 Å². The Morgan fingerprint density at radius 2 is 2.39 bits per heavy atom. The first-order valence-corrected chi connectivity index (χ1v) is 7.51. The van der Waals surface area contributed by atoms with Crippen molar-refractivity contribution in [3.63, 3.8) is 0 Å². The molecule has 1 aliphatic heterocycles. The molecule has 2 heterocycles. The van der Waals surface area contributed by atoms with E-state index in [0.717, 1.165) is 12.4 Å². The topological polar surface area (TPSA) is 59.4 Å². The van der Waals surface area contributed by atoms with E-state index in [-0.39, 0.29) is 24.4 Å². The summed E-state index contributed by atoms with van der Waals surface area (Å²) in [4.78, 5) is 18.6. The summed E-state index contributed by atoms with van der Waals surface area (Å²) in [5.74, 6) is 0.658. The van der Waals surface area contributed by atoms with Crippen molar-refractivity contribution in [1.29, 1.82) is 0 Å². The van der Waals surface area contributed by atoms with Crippen molar-refractivity contribution in [1.82, 2.24) is 19.8 Å². The minimum Gasteiger partial charge on any atom is -0.484 e. The molecule has 0 saturated carbocycles. The van der Waals surface area contributed by atoms with Gasteiger partial charge in [-0.1, -0.05) is 6.07 Å². The van der Waals surface area contributed by atoms with Crippen LogP contribution in [0.2, 0.25) is 0 Å². The van der Waals surface area contributed by atoms with Gasteiger partial charge in [0.05, 0.1) is 0 Å². The van der Waals surface area contributed by atoms with Crippen molar-refractivity contribution in [2.75, 3.05) is 26.2 Å². The number of nitrogens with one attached hydrogen (secondary N) is 1. The second-order valence-corrected chi connectivity index (χ2v) is 5.45. The highest BCUT2D eigenvalue weighted by Gasteiger charge is 2.30. The van der Waals surface area contributed by atoms with Crippen LogP contribution in [0.1, 0.15) is 11.9 Å². The summed E-state index contributed by atoms with van der Waals surface area (Å²) >= 11 is 0. The fraction of sp³-hybridized carbons (Fsp3) is 0.375. The van der Waals surface area contributed by atoms with E-state index in [9.17, 15) is 9.18 Å². The average molecular weight is 318 g/mol. The summed E-state index contributed by atoms with van der Waals surface area (Å²) in [6.07, 6.45) is 3.58. The Hall–Kier alpha value is -2.41. The first-order valence-electron chi connectivity index (χ1n) is 7.51. The standard InChI is InChI=1S/C16H19FN4O2/c1-20-7-6-19-16(20)14-10-18-5-8-21(14)15(22)11-23-13-4-2-3-12(17)9-13/h2-4,6-7,9,14,18H,5,8,10-11H2,1H3. The molecule has 0 bridgehead atoms. The molecule has 1 unspecified atom stereocenters. The molecule has 23 heavy (non-hydrogen) atoms. The highest BCUT2D eigenvalue weighted by molar-refractivity contribution is 5.78. The van der Waals surface area contributed by atoms with Crippen molar-refractivity contribution >= 4 is 5.91 Å². The van der Waals surface area contributed by atoms with Crippen LogP contribution in [0, 0.1) is 5.82 Å². The number of imidazole rings is 1. The van der Waals surface area contributed by atoms with E-state index >= 15 is 0 Å². The van der Waals surface area contributed by atoms with Crippen LogP contribution in [0.5, 0.6) is 5.75 Å². The lowest BCUT2D eigenvalue weighted by Gasteiger charge is -2.35. The van der Waals surface area contributed by atoms with Gasteiger partial charge in [-0.2, -0.15) is 0 Å². The Bertz CT molecular complexity index is 688. The quantitative estimate of drug-likeness (QED) is 0.917. The molecule has 6 nitrogen and oxygen atoms in total. The van der Waals surface area contributed by atoms with Crippen LogP contribution < -0.4 is 10.1 Å². The number of ether oxygens (including phenoxy) is 1. The number of benzene rings is 1. The Morgan fingerprint density at radius 1 is 1.52 bits per heavy atom. The van der Waals surface area contributed by atoms with Gasteiger partial charge in [-0.3, -0.25) is 4.79 Å². The highest BCUT2D eigenvalue weighted by Crippen LogP contribution is 2.21. The average Bonchev–Trinajstić information content (AvgIpc) is 2.98. The number of halogens is 1. The molecule has 3 rings (SSSR count). The van der Waals surface area contributed by atoms with Crippen molar-refractivity contribution in [2.24, 2.45) is 7.05 Å². The molecule has 1 aromatic carbocycles.